The highest BCUT2D eigenvalue weighted by Crippen LogP contribution is 2.20. The monoisotopic (exact) mass is 423 g/mol. The maximum absolute atomic E-state index is 12.8. The molecule has 0 saturated carbocycles. The molecule has 3 aromatic rings. The van der Waals surface area contributed by atoms with Crippen LogP contribution in [0.5, 0.6) is 0 Å². The number of nitrogens with one attached hydrogen (secondary N) is 1. The number of amides is 1. The molecule has 2 atom stereocenters. The Balaban J connectivity index is 1.74. The first kappa shape index (κ1) is 21.4. The van der Waals surface area contributed by atoms with Crippen LogP contribution in [0.2, 0.25) is 5.02 Å². The molecule has 0 radical (unpaired) electrons. The quantitative estimate of drug-likeness (QED) is 0.572. The van der Waals surface area contributed by atoms with Gasteiger partial charge in [-0.05, 0) is 42.3 Å². The van der Waals surface area contributed by atoms with Crippen molar-refractivity contribution >= 4 is 29.0 Å². The van der Waals surface area contributed by atoms with Crippen LogP contribution in [0.3, 0.4) is 0 Å². The fourth-order valence-corrected chi connectivity index (χ4v) is 3.28. The lowest BCUT2D eigenvalue weighted by atomic mass is 9.98. The summed E-state index contributed by atoms with van der Waals surface area (Å²) in [5, 5.41) is 12.8. The summed E-state index contributed by atoms with van der Waals surface area (Å²) in [6.45, 7) is 3.77. The van der Waals surface area contributed by atoms with E-state index in [1.807, 2.05) is 42.6 Å². The Morgan fingerprint density at radius 1 is 1.23 bits per heavy atom. The molecular formula is C23H22ClN3O3. The lowest BCUT2D eigenvalue weighted by Crippen LogP contribution is -2.46. The molecule has 1 amide bonds. The van der Waals surface area contributed by atoms with Crippen molar-refractivity contribution in [3.63, 3.8) is 0 Å². The number of hydrogen-bond donors (Lipinski definition) is 1. The third kappa shape index (κ3) is 4.64. The first-order valence-corrected chi connectivity index (χ1v) is 10.0. The number of pyridine rings is 1. The largest absolute Gasteiger partial charge is 0.459 e. The van der Waals surface area contributed by atoms with Gasteiger partial charge in [0.25, 0.3) is 5.91 Å². The summed E-state index contributed by atoms with van der Waals surface area (Å²) >= 11 is 5.87. The van der Waals surface area contributed by atoms with Gasteiger partial charge in [0.1, 0.15) is 18.7 Å². The average Bonchev–Trinajstić information content (AvgIpc) is 3.13. The molecule has 0 aliphatic heterocycles. The molecule has 2 aromatic heterocycles. The molecule has 0 bridgehead atoms. The number of benzene rings is 1. The Kier molecular flexibility index (Phi) is 6.76. The van der Waals surface area contributed by atoms with E-state index in [1.165, 1.54) is 0 Å². The van der Waals surface area contributed by atoms with E-state index in [-0.39, 0.29) is 18.4 Å². The van der Waals surface area contributed by atoms with Crippen LogP contribution in [0.4, 0.5) is 0 Å². The number of rotatable bonds is 7. The molecule has 0 unspecified atom stereocenters. The molecule has 154 valence electrons. The van der Waals surface area contributed by atoms with Gasteiger partial charge < -0.3 is 14.5 Å². The molecular weight excluding hydrogens is 402 g/mol. The second-order valence-electron chi connectivity index (χ2n) is 7.09. The van der Waals surface area contributed by atoms with Gasteiger partial charge in [-0.3, -0.25) is 4.79 Å². The minimum Gasteiger partial charge on any atom is -0.459 e. The zero-order chi connectivity index (χ0) is 21.7. The normalized spacial score (nSPS) is 12.7. The number of hydrogen-bond acceptors (Lipinski definition) is 4. The van der Waals surface area contributed by atoms with Crippen molar-refractivity contribution in [1.29, 1.82) is 5.26 Å². The van der Waals surface area contributed by atoms with Crippen LogP contribution in [0.1, 0.15) is 41.8 Å². The lowest BCUT2D eigenvalue weighted by Gasteiger charge is -2.22. The molecule has 0 aliphatic rings. The van der Waals surface area contributed by atoms with Crippen molar-refractivity contribution in [2.75, 3.05) is 0 Å². The summed E-state index contributed by atoms with van der Waals surface area (Å²) in [7, 11) is 0. The van der Waals surface area contributed by atoms with E-state index in [9.17, 15) is 14.9 Å². The zero-order valence-electron chi connectivity index (χ0n) is 16.8. The highest BCUT2D eigenvalue weighted by Gasteiger charge is 2.28. The number of nitrogens with zero attached hydrogens (tertiary/aromatic N) is 2. The molecule has 1 N–H and O–H groups in total. The fraction of sp³-hybridized carbons (Fsp3) is 0.261. The number of fused-ring (bicyclic) bond motifs is 1. The Hall–Kier alpha value is -3.30. The third-order valence-corrected chi connectivity index (χ3v) is 5.36. The highest BCUT2D eigenvalue weighted by molar-refractivity contribution is 6.30. The van der Waals surface area contributed by atoms with E-state index in [2.05, 4.69) is 11.4 Å². The summed E-state index contributed by atoms with van der Waals surface area (Å²) in [5.74, 6) is -1.04. The van der Waals surface area contributed by atoms with Crippen molar-refractivity contribution in [2.24, 2.45) is 5.92 Å². The number of carbonyl (C=O) groups is 2. The summed E-state index contributed by atoms with van der Waals surface area (Å²) in [6.07, 6.45) is 4.28. The van der Waals surface area contributed by atoms with Crippen LogP contribution in [0, 0.1) is 17.2 Å². The van der Waals surface area contributed by atoms with Crippen molar-refractivity contribution in [3.8, 4) is 6.07 Å². The SMILES string of the molecule is CC[C@@H](C)[C@H](NC(=O)c1ccc(Cl)cc1)C(=O)OCc1cn2ccccc2c1C#N. The van der Waals surface area contributed by atoms with Gasteiger partial charge in [-0.15, -0.1) is 0 Å². The Morgan fingerprint density at radius 2 is 1.97 bits per heavy atom. The lowest BCUT2D eigenvalue weighted by molar-refractivity contribution is -0.148. The van der Waals surface area contributed by atoms with E-state index < -0.39 is 12.0 Å². The molecule has 0 spiro atoms. The molecule has 0 saturated heterocycles. The van der Waals surface area contributed by atoms with E-state index in [4.69, 9.17) is 16.3 Å². The standard InChI is InChI=1S/C23H22ClN3O3/c1-3-15(2)21(26-22(28)16-7-9-18(24)10-8-16)23(29)30-14-17-13-27-11-5-4-6-20(27)19(17)12-25/h4-11,13,15,21H,3,14H2,1-2H3,(H,26,28)/t15-,21+/m1/s1. The Labute approximate surface area is 180 Å². The van der Waals surface area contributed by atoms with Crippen LogP contribution < -0.4 is 5.32 Å². The maximum Gasteiger partial charge on any atom is 0.329 e. The molecule has 2 heterocycles. The number of nitriles is 1. The Morgan fingerprint density at radius 3 is 2.63 bits per heavy atom. The second-order valence-corrected chi connectivity index (χ2v) is 7.52. The number of halogens is 1. The Bertz CT molecular complexity index is 1100. The van der Waals surface area contributed by atoms with Gasteiger partial charge >= 0.3 is 5.97 Å². The van der Waals surface area contributed by atoms with E-state index >= 15 is 0 Å². The average molecular weight is 424 g/mol. The fourth-order valence-electron chi connectivity index (χ4n) is 3.15. The molecule has 7 heteroatoms. The zero-order valence-corrected chi connectivity index (χ0v) is 17.5. The number of ether oxygens (including phenoxy) is 1. The second kappa shape index (κ2) is 9.47. The molecule has 30 heavy (non-hydrogen) atoms. The number of aromatic nitrogens is 1. The first-order chi connectivity index (χ1) is 14.4. The summed E-state index contributed by atoms with van der Waals surface area (Å²) in [4.78, 5) is 25.4. The van der Waals surface area contributed by atoms with Crippen LogP contribution in [0.25, 0.3) is 5.52 Å². The van der Waals surface area contributed by atoms with E-state index in [0.717, 1.165) is 5.52 Å². The highest BCUT2D eigenvalue weighted by atomic mass is 35.5. The van der Waals surface area contributed by atoms with Crippen LogP contribution in [-0.4, -0.2) is 22.3 Å². The van der Waals surface area contributed by atoms with Gasteiger partial charge in [0.15, 0.2) is 0 Å². The molecule has 3 rings (SSSR count). The molecule has 0 aliphatic carbocycles. The minimum absolute atomic E-state index is 0.0485. The molecule has 0 fully saturated rings. The topological polar surface area (TPSA) is 83.6 Å². The predicted octanol–water partition coefficient (Wildman–Crippen LogP) is 4.35. The van der Waals surface area contributed by atoms with Gasteiger partial charge in [0.05, 0.1) is 11.1 Å². The summed E-state index contributed by atoms with van der Waals surface area (Å²) in [5.41, 5.74) is 2.24. The third-order valence-electron chi connectivity index (χ3n) is 5.10. The summed E-state index contributed by atoms with van der Waals surface area (Å²) < 4.78 is 7.32. The minimum atomic E-state index is -0.805. The van der Waals surface area contributed by atoms with Gasteiger partial charge in [-0.25, -0.2) is 4.79 Å². The van der Waals surface area contributed by atoms with Crippen LogP contribution >= 0.6 is 11.6 Å². The maximum atomic E-state index is 12.8. The summed E-state index contributed by atoms with van der Waals surface area (Å²) in [6, 6.07) is 13.3. The van der Waals surface area contributed by atoms with Crippen LogP contribution in [0.15, 0.2) is 54.9 Å². The van der Waals surface area contributed by atoms with Crippen LogP contribution in [-0.2, 0) is 16.1 Å². The van der Waals surface area contributed by atoms with Gasteiger partial charge in [-0.1, -0.05) is 37.9 Å². The predicted molar refractivity (Wildman–Crippen MR) is 114 cm³/mol. The molecule has 1 aromatic carbocycles. The first-order valence-electron chi connectivity index (χ1n) is 9.66. The molecule has 6 nitrogen and oxygen atoms in total. The van der Waals surface area contributed by atoms with Crippen molar-refractivity contribution in [2.45, 2.75) is 32.9 Å². The number of carbonyl (C=O) groups excluding carboxylic acids is 2. The number of esters is 1. The van der Waals surface area contributed by atoms with E-state index in [1.54, 1.807) is 30.5 Å². The van der Waals surface area contributed by atoms with E-state index in [0.29, 0.717) is 28.1 Å². The van der Waals surface area contributed by atoms with Crippen molar-refractivity contribution in [3.05, 3.63) is 76.6 Å². The van der Waals surface area contributed by atoms with Gasteiger partial charge in [0.2, 0.25) is 0 Å². The smallest absolute Gasteiger partial charge is 0.329 e. The van der Waals surface area contributed by atoms with Crippen molar-refractivity contribution < 1.29 is 14.3 Å². The van der Waals surface area contributed by atoms with Gasteiger partial charge in [-0.2, -0.15) is 5.26 Å². The van der Waals surface area contributed by atoms with Gasteiger partial charge in [0, 0.05) is 28.5 Å². The van der Waals surface area contributed by atoms with Crippen molar-refractivity contribution in [1.82, 2.24) is 9.72 Å².